The molecule has 0 atom stereocenters. The summed E-state index contributed by atoms with van der Waals surface area (Å²) >= 11 is -0.404. The zero-order chi connectivity index (χ0) is 16.0. The molecule has 8 heteroatoms. The van der Waals surface area contributed by atoms with Crippen LogP contribution in [0.5, 0.6) is 0 Å². The SMILES string of the molecule is CCOC(=O)Cc1c(SC(F)(F)F)ccc(CO)c1C#N. The highest BCUT2D eigenvalue weighted by Crippen LogP contribution is 2.40. The standard InChI is InChI=1S/C13H12F3NO3S/c1-2-20-12(19)5-9-10(6-17)8(7-18)3-4-11(9)21-13(14,15)16/h3-4,18H,2,5,7H2,1H3. The Morgan fingerprint density at radius 2 is 2.14 bits per heavy atom. The first kappa shape index (κ1) is 17.3. The van der Waals surface area contributed by atoms with Gasteiger partial charge in [-0.25, -0.2) is 0 Å². The number of aliphatic hydroxyl groups excluding tert-OH is 1. The van der Waals surface area contributed by atoms with Gasteiger partial charge in [0.1, 0.15) is 0 Å². The van der Waals surface area contributed by atoms with E-state index in [1.54, 1.807) is 13.0 Å². The Kier molecular flexibility index (Phi) is 6.05. The molecule has 0 saturated carbocycles. The van der Waals surface area contributed by atoms with E-state index in [2.05, 4.69) is 0 Å². The van der Waals surface area contributed by atoms with E-state index in [1.807, 2.05) is 0 Å². The number of alkyl halides is 3. The number of nitrogens with zero attached hydrogens (tertiary/aromatic N) is 1. The molecule has 0 fully saturated rings. The lowest BCUT2D eigenvalue weighted by molar-refractivity contribution is -0.142. The zero-order valence-electron chi connectivity index (χ0n) is 11.0. The van der Waals surface area contributed by atoms with Crippen LogP contribution in [-0.4, -0.2) is 23.2 Å². The summed E-state index contributed by atoms with van der Waals surface area (Å²) in [6.45, 7) is 1.15. The van der Waals surface area contributed by atoms with Crippen molar-refractivity contribution in [2.75, 3.05) is 6.61 Å². The van der Waals surface area contributed by atoms with Gasteiger partial charge in [0.15, 0.2) is 0 Å². The predicted octanol–water partition coefficient (Wildman–Crippen LogP) is 2.77. The third-order valence-electron chi connectivity index (χ3n) is 2.49. The van der Waals surface area contributed by atoms with Gasteiger partial charge in [-0.15, -0.1) is 0 Å². The quantitative estimate of drug-likeness (QED) is 0.667. The number of hydrogen-bond acceptors (Lipinski definition) is 5. The number of benzene rings is 1. The molecule has 0 radical (unpaired) electrons. The van der Waals surface area contributed by atoms with E-state index in [9.17, 15) is 18.0 Å². The molecule has 0 aliphatic carbocycles. The average molecular weight is 319 g/mol. The van der Waals surface area contributed by atoms with Crippen molar-refractivity contribution in [1.82, 2.24) is 0 Å². The number of rotatable bonds is 5. The predicted molar refractivity (Wildman–Crippen MR) is 69.3 cm³/mol. The van der Waals surface area contributed by atoms with Gasteiger partial charge in [-0.1, -0.05) is 6.07 Å². The van der Waals surface area contributed by atoms with Crippen LogP contribution in [0.3, 0.4) is 0 Å². The van der Waals surface area contributed by atoms with E-state index in [4.69, 9.17) is 15.1 Å². The summed E-state index contributed by atoms with van der Waals surface area (Å²) in [5, 5.41) is 18.2. The van der Waals surface area contributed by atoms with Crippen LogP contribution in [0.4, 0.5) is 13.2 Å². The molecule has 0 amide bonds. The second kappa shape index (κ2) is 7.33. The Morgan fingerprint density at radius 1 is 1.48 bits per heavy atom. The molecule has 0 bridgehead atoms. The molecule has 21 heavy (non-hydrogen) atoms. The van der Waals surface area contributed by atoms with Crippen molar-refractivity contribution in [1.29, 1.82) is 5.26 Å². The second-order valence-electron chi connectivity index (χ2n) is 3.88. The van der Waals surface area contributed by atoms with E-state index >= 15 is 0 Å². The topological polar surface area (TPSA) is 70.3 Å². The van der Waals surface area contributed by atoms with Crippen molar-refractivity contribution in [3.63, 3.8) is 0 Å². The van der Waals surface area contributed by atoms with Crippen LogP contribution in [0, 0.1) is 11.3 Å². The smallest absolute Gasteiger partial charge is 0.446 e. The Hall–Kier alpha value is -1.72. The van der Waals surface area contributed by atoms with Crippen molar-refractivity contribution in [3.8, 4) is 6.07 Å². The van der Waals surface area contributed by atoms with Crippen molar-refractivity contribution in [2.45, 2.75) is 30.4 Å². The van der Waals surface area contributed by atoms with E-state index < -0.39 is 36.3 Å². The molecule has 0 aromatic heterocycles. The largest absolute Gasteiger partial charge is 0.466 e. The highest BCUT2D eigenvalue weighted by atomic mass is 32.2. The highest BCUT2D eigenvalue weighted by Gasteiger charge is 2.31. The monoisotopic (exact) mass is 319 g/mol. The molecule has 0 heterocycles. The lowest BCUT2D eigenvalue weighted by atomic mass is 10.00. The molecule has 0 spiro atoms. The Balaban J connectivity index is 3.30. The number of halogens is 3. The van der Waals surface area contributed by atoms with Crippen LogP contribution in [0.2, 0.25) is 0 Å². The van der Waals surface area contributed by atoms with Gasteiger partial charge in [-0.3, -0.25) is 4.79 Å². The number of aliphatic hydroxyl groups is 1. The molecule has 0 saturated heterocycles. The molecule has 4 nitrogen and oxygen atoms in total. The molecule has 1 aromatic rings. The van der Waals surface area contributed by atoms with Gasteiger partial charge in [0.25, 0.3) is 0 Å². The van der Waals surface area contributed by atoms with Gasteiger partial charge in [0.2, 0.25) is 0 Å². The third-order valence-corrected chi connectivity index (χ3v) is 3.32. The number of thioether (sulfide) groups is 1. The van der Waals surface area contributed by atoms with E-state index in [-0.39, 0.29) is 28.2 Å². The van der Waals surface area contributed by atoms with Crippen molar-refractivity contribution >= 4 is 17.7 Å². The molecule has 0 aliphatic heterocycles. The van der Waals surface area contributed by atoms with Gasteiger partial charge in [0.05, 0.1) is 31.3 Å². The minimum absolute atomic E-state index is 0.0789. The van der Waals surface area contributed by atoms with Gasteiger partial charge in [-0.05, 0) is 35.9 Å². The molecular formula is C13H12F3NO3S. The number of ether oxygens (including phenoxy) is 1. The molecular weight excluding hydrogens is 307 g/mol. The lowest BCUT2D eigenvalue weighted by Crippen LogP contribution is -2.12. The summed E-state index contributed by atoms with van der Waals surface area (Å²) in [4.78, 5) is 11.3. The van der Waals surface area contributed by atoms with Crippen molar-refractivity contribution in [3.05, 3.63) is 28.8 Å². The Morgan fingerprint density at radius 3 is 2.62 bits per heavy atom. The first-order valence-corrected chi connectivity index (χ1v) is 6.71. The van der Waals surface area contributed by atoms with Crippen LogP contribution in [0.15, 0.2) is 17.0 Å². The minimum atomic E-state index is -4.54. The maximum Gasteiger partial charge on any atom is 0.446 e. The summed E-state index contributed by atoms with van der Waals surface area (Å²) in [6.07, 6.45) is -0.455. The Bertz CT molecular complexity index is 567. The van der Waals surface area contributed by atoms with Gasteiger partial charge in [0, 0.05) is 4.90 Å². The molecule has 0 unspecified atom stereocenters. The van der Waals surface area contributed by atoms with Crippen molar-refractivity contribution in [2.24, 2.45) is 0 Å². The number of hydrogen-bond donors (Lipinski definition) is 1. The summed E-state index contributed by atoms with van der Waals surface area (Å²) in [5.74, 6) is -0.729. The van der Waals surface area contributed by atoms with Gasteiger partial charge in [-0.2, -0.15) is 18.4 Å². The normalized spacial score (nSPS) is 11.0. The summed E-state index contributed by atoms with van der Waals surface area (Å²) in [5.41, 5.74) is -4.58. The average Bonchev–Trinajstić information content (AvgIpc) is 2.39. The highest BCUT2D eigenvalue weighted by molar-refractivity contribution is 8.00. The summed E-state index contributed by atoms with van der Waals surface area (Å²) in [6, 6.07) is 4.12. The van der Waals surface area contributed by atoms with E-state index in [0.717, 1.165) is 6.07 Å². The zero-order valence-corrected chi connectivity index (χ0v) is 11.8. The fraction of sp³-hybridized carbons (Fsp3) is 0.385. The maximum atomic E-state index is 12.5. The molecule has 114 valence electrons. The van der Waals surface area contributed by atoms with Crippen LogP contribution in [0.1, 0.15) is 23.6 Å². The molecule has 1 rings (SSSR count). The van der Waals surface area contributed by atoms with Crippen molar-refractivity contribution < 1.29 is 27.8 Å². The number of esters is 1. The summed E-state index contributed by atoms with van der Waals surface area (Å²) in [7, 11) is 0. The second-order valence-corrected chi connectivity index (χ2v) is 4.98. The Labute approximate surface area is 123 Å². The van der Waals surface area contributed by atoms with E-state index in [1.165, 1.54) is 6.07 Å². The van der Waals surface area contributed by atoms with Gasteiger partial charge < -0.3 is 9.84 Å². The van der Waals surface area contributed by atoms with E-state index in [0.29, 0.717) is 0 Å². The lowest BCUT2D eigenvalue weighted by Gasteiger charge is -2.14. The fourth-order valence-corrected chi connectivity index (χ4v) is 2.38. The minimum Gasteiger partial charge on any atom is -0.466 e. The van der Waals surface area contributed by atoms with Crippen LogP contribution in [0.25, 0.3) is 0 Å². The first-order chi connectivity index (χ1) is 9.82. The summed E-state index contributed by atoms with van der Waals surface area (Å²) < 4.78 is 42.3. The van der Waals surface area contributed by atoms with Gasteiger partial charge >= 0.3 is 11.5 Å². The fourth-order valence-electron chi connectivity index (χ4n) is 1.70. The third kappa shape index (κ3) is 4.95. The molecule has 1 N–H and O–H groups in total. The number of carbonyl (C=O) groups excluding carboxylic acids is 1. The maximum absolute atomic E-state index is 12.5. The molecule has 1 aromatic carbocycles. The number of carbonyl (C=O) groups is 1. The number of nitriles is 1. The van der Waals surface area contributed by atoms with Crippen LogP contribution in [-0.2, 0) is 22.6 Å². The van der Waals surface area contributed by atoms with Crippen LogP contribution >= 0.6 is 11.8 Å². The van der Waals surface area contributed by atoms with Crippen LogP contribution < -0.4 is 0 Å². The molecule has 0 aliphatic rings. The first-order valence-electron chi connectivity index (χ1n) is 5.89.